The SMILES string of the molecule is Cc1cnc(C[S@](=O)Cc2nc(-c3ccsc3)oc2C)o1. The number of rotatable bonds is 5. The average Bonchev–Trinajstić information content (AvgIpc) is 3.13. The van der Waals surface area contributed by atoms with Crippen LogP contribution in [0.4, 0.5) is 0 Å². The minimum Gasteiger partial charge on any atom is -0.445 e. The Kier molecular flexibility index (Phi) is 4.03. The van der Waals surface area contributed by atoms with Crippen molar-refractivity contribution in [1.29, 1.82) is 0 Å². The molecular weight excluding hydrogens is 308 g/mol. The topological polar surface area (TPSA) is 69.1 Å². The summed E-state index contributed by atoms with van der Waals surface area (Å²) in [5.74, 6) is 3.11. The lowest BCUT2D eigenvalue weighted by molar-refractivity contribution is 0.488. The second kappa shape index (κ2) is 5.95. The summed E-state index contributed by atoms with van der Waals surface area (Å²) in [5.41, 5.74) is 1.67. The van der Waals surface area contributed by atoms with E-state index in [0.29, 0.717) is 23.3 Å². The van der Waals surface area contributed by atoms with Crippen molar-refractivity contribution in [3.63, 3.8) is 0 Å². The highest BCUT2D eigenvalue weighted by Crippen LogP contribution is 2.24. The van der Waals surface area contributed by atoms with Gasteiger partial charge in [0.15, 0.2) is 0 Å². The predicted octanol–water partition coefficient (Wildman–Crippen LogP) is 3.46. The van der Waals surface area contributed by atoms with Crippen LogP contribution < -0.4 is 0 Å². The van der Waals surface area contributed by atoms with Gasteiger partial charge in [0.05, 0.1) is 17.6 Å². The van der Waals surface area contributed by atoms with Crippen molar-refractivity contribution >= 4 is 22.1 Å². The van der Waals surface area contributed by atoms with Crippen LogP contribution in [0.3, 0.4) is 0 Å². The van der Waals surface area contributed by atoms with Gasteiger partial charge in [0.2, 0.25) is 11.8 Å². The molecule has 0 fully saturated rings. The number of thiophene rings is 1. The van der Waals surface area contributed by atoms with E-state index in [1.54, 1.807) is 17.5 Å². The summed E-state index contributed by atoms with van der Waals surface area (Å²) in [4.78, 5) is 8.50. The van der Waals surface area contributed by atoms with Crippen LogP contribution in [-0.2, 0) is 22.3 Å². The molecule has 5 nitrogen and oxygen atoms in total. The normalized spacial score (nSPS) is 12.7. The fourth-order valence-electron chi connectivity index (χ4n) is 1.88. The van der Waals surface area contributed by atoms with Crippen LogP contribution >= 0.6 is 11.3 Å². The molecular formula is C14H14N2O3S2. The molecule has 0 unspecified atom stereocenters. The van der Waals surface area contributed by atoms with Crippen molar-refractivity contribution in [1.82, 2.24) is 9.97 Å². The lowest BCUT2D eigenvalue weighted by atomic mass is 10.3. The summed E-state index contributed by atoms with van der Waals surface area (Å²) in [6, 6.07) is 1.95. The number of hydrogen-bond acceptors (Lipinski definition) is 6. The lowest BCUT2D eigenvalue weighted by Gasteiger charge is -1.97. The number of oxazole rings is 2. The number of hydrogen-bond donors (Lipinski definition) is 0. The highest BCUT2D eigenvalue weighted by molar-refractivity contribution is 7.83. The summed E-state index contributed by atoms with van der Waals surface area (Å²) >= 11 is 1.59. The van der Waals surface area contributed by atoms with Crippen molar-refractivity contribution in [3.8, 4) is 11.5 Å². The molecule has 0 amide bonds. The van der Waals surface area contributed by atoms with Crippen LogP contribution in [0.5, 0.6) is 0 Å². The number of aryl methyl sites for hydroxylation is 2. The molecule has 3 rings (SSSR count). The van der Waals surface area contributed by atoms with Gasteiger partial charge in [-0.25, -0.2) is 9.97 Å². The van der Waals surface area contributed by atoms with Gasteiger partial charge in [-0.1, -0.05) is 0 Å². The molecule has 3 heterocycles. The second-order valence-corrected chi connectivity index (χ2v) is 6.86. The molecule has 0 spiro atoms. The van der Waals surface area contributed by atoms with Crippen LogP contribution in [0.1, 0.15) is 23.1 Å². The smallest absolute Gasteiger partial charge is 0.227 e. The molecule has 3 aromatic heterocycles. The Hall–Kier alpha value is -1.73. The standard InChI is InChI=1S/C14H14N2O3S2/c1-9-5-15-13(18-9)8-21(17)7-12-10(2)19-14(16-12)11-3-4-20-6-11/h3-6H,7-8H2,1-2H3/t21-/m1/s1. The summed E-state index contributed by atoms with van der Waals surface area (Å²) in [5, 5.41) is 3.94. The van der Waals surface area contributed by atoms with Gasteiger partial charge in [-0.2, -0.15) is 11.3 Å². The maximum atomic E-state index is 12.2. The zero-order chi connectivity index (χ0) is 14.8. The van der Waals surface area contributed by atoms with Crippen LogP contribution in [0.2, 0.25) is 0 Å². The molecule has 1 atom stereocenters. The van der Waals surface area contributed by atoms with E-state index in [1.807, 2.05) is 30.7 Å². The highest BCUT2D eigenvalue weighted by atomic mass is 32.2. The average molecular weight is 322 g/mol. The van der Waals surface area contributed by atoms with Gasteiger partial charge in [0.25, 0.3) is 0 Å². The Bertz CT molecular complexity index is 759. The Morgan fingerprint density at radius 1 is 1.29 bits per heavy atom. The van der Waals surface area contributed by atoms with Gasteiger partial charge in [-0.3, -0.25) is 4.21 Å². The van der Waals surface area contributed by atoms with Crippen molar-refractivity contribution in [2.45, 2.75) is 25.4 Å². The quantitative estimate of drug-likeness (QED) is 0.719. The minimum atomic E-state index is -1.13. The molecule has 0 radical (unpaired) electrons. The maximum absolute atomic E-state index is 12.2. The fourth-order valence-corrected chi connectivity index (χ4v) is 3.59. The Labute approximate surface area is 128 Å². The Balaban J connectivity index is 1.71. The fraction of sp³-hybridized carbons (Fsp3) is 0.286. The van der Waals surface area contributed by atoms with E-state index < -0.39 is 10.8 Å². The molecule has 7 heteroatoms. The molecule has 0 aromatic carbocycles. The second-order valence-electron chi connectivity index (χ2n) is 4.63. The summed E-state index contributed by atoms with van der Waals surface area (Å²) < 4.78 is 23.1. The molecule has 0 saturated carbocycles. The molecule has 3 aromatic rings. The maximum Gasteiger partial charge on any atom is 0.227 e. The van der Waals surface area contributed by atoms with Crippen LogP contribution in [0, 0.1) is 13.8 Å². The van der Waals surface area contributed by atoms with E-state index in [4.69, 9.17) is 8.83 Å². The lowest BCUT2D eigenvalue weighted by Crippen LogP contribution is -2.01. The third kappa shape index (κ3) is 3.30. The summed E-state index contributed by atoms with van der Waals surface area (Å²) in [6.07, 6.45) is 1.63. The summed E-state index contributed by atoms with van der Waals surface area (Å²) in [7, 11) is -1.13. The molecule has 0 saturated heterocycles. The van der Waals surface area contributed by atoms with Crippen LogP contribution in [0.25, 0.3) is 11.5 Å². The van der Waals surface area contributed by atoms with Gasteiger partial charge < -0.3 is 8.83 Å². The van der Waals surface area contributed by atoms with Crippen molar-refractivity contribution in [2.75, 3.05) is 0 Å². The zero-order valence-electron chi connectivity index (χ0n) is 11.7. The van der Waals surface area contributed by atoms with E-state index in [1.165, 1.54) is 0 Å². The largest absolute Gasteiger partial charge is 0.445 e. The predicted molar refractivity (Wildman–Crippen MR) is 81.3 cm³/mol. The Morgan fingerprint density at radius 2 is 2.14 bits per heavy atom. The van der Waals surface area contributed by atoms with E-state index in [2.05, 4.69) is 9.97 Å². The third-order valence-corrected chi connectivity index (χ3v) is 4.76. The first kappa shape index (κ1) is 14.2. The first-order valence-electron chi connectivity index (χ1n) is 6.37. The Morgan fingerprint density at radius 3 is 2.81 bits per heavy atom. The molecule has 21 heavy (non-hydrogen) atoms. The first-order chi connectivity index (χ1) is 10.1. The van der Waals surface area contributed by atoms with E-state index in [9.17, 15) is 4.21 Å². The van der Waals surface area contributed by atoms with Crippen LogP contribution in [0.15, 0.2) is 31.9 Å². The minimum absolute atomic E-state index is 0.286. The first-order valence-corrected chi connectivity index (χ1v) is 8.80. The number of nitrogens with zero attached hydrogens (tertiary/aromatic N) is 2. The molecule has 110 valence electrons. The molecule has 0 aliphatic rings. The van der Waals surface area contributed by atoms with Gasteiger partial charge in [-0.05, 0) is 25.3 Å². The molecule has 0 aliphatic carbocycles. The monoisotopic (exact) mass is 322 g/mol. The van der Waals surface area contributed by atoms with Crippen LogP contribution in [-0.4, -0.2) is 14.2 Å². The summed E-state index contributed by atoms with van der Waals surface area (Å²) in [6.45, 7) is 3.65. The van der Waals surface area contributed by atoms with E-state index in [-0.39, 0.29) is 5.75 Å². The zero-order valence-corrected chi connectivity index (χ0v) is 13.3. The van der Waals surface area contributed by atoms with Gasteiger partial charge >= 0.3 is 0 Å². The molecule has 0 aliphatic heterocycles. The van der Waals surface area contributed by atoms with Gasteiger partial charge in [-0.15, -0.1) is 0 Å². The molecule has 0 bridgehead atoms. The van der Waals surface area contributed by atoms with Gasteiger partial charge in [0, 0.05) is 21.7 Å². The molecule has 0 N–H and O–H groups in total. The van der Waals surface area contributed by atoms with Crippen molar-refractivity contribution in [2.24, 2.45) is 0 Å². The van der Waals surface area contributed by atoms with E-state index >= 15 is 0 Å². The van der Waals surface area contributed by atoms with Crippen molar-refractivity contribution in [3.05, 3.63) is 46.1 Å². The van der Waals surface area contributed by atoms with Crippen molar-refractivity contribution < 1.29 is 13.0 Å². The third-order valence-electron chi connectivity index (χ3n) is 2.91. The number of aromatic nitrogens is 2. The van der Waals surface area contributed by atoms with Gasteiger partial charge in [0.1, 0.15) is 17.3 Å². The van der Waals surface area contributed by atoms with E-state index in [0.717, 1.165) is 17.0 Å². The highest BCUT2D eigenvalue weighted by Gasteiger charge is 2.15.